The van der Waals surface area contributed by atoms with Crippen molar-refractivity contribution in [2.24, 2.45) is 5.73 Å². The molecule has 0 saturated carbocycles. The predicted octanol–water partition coefficient (Wildman–Crippen LogP) is 1.68. The van der Waals surface area contributed by atoms with Gasteiger partial charge in [-0.05, 0) is 46.8 Å². The lowest BCUT2D eigenvalue weighted by Crippen LogP contribution is -2.45. The van der Waals surface area contributed by atoms with Crippen LogP contribution in [0, 0.1) is 0 Å². The second kappa shape index (κ2) is 9.58. The lowest BCUT2D eigenvalue weighted by molar-refractivity contribution is 0.102. The summed E-state index contributed by atoms with van der Waals surface area (Å²) in [5.41, 5.74) is 5.46. The molecule has 0 amide bonds. The van der Waals surface area contributed by atoms with E-state index in [1.54, 1.807) is 0 Å². The highest BCUT2D eigenvalue weighted by molar-refractivity contribution is 5.85. The molecule has 0 atom stereocenters. The van der Waals surface area contributed by atoms with Crippen molar-refractivity contribution in [2.75, 3.05) is 20.1 Å². The molecular formula is C13H27Cl2N5O. The van der Waals surface area contributed by atoms with Crippen LogP contribution >= 0.6 is 24.8 Å². The standard InChI is InChI=1S/C13H25N5O.2ClH/c1-10(2)18-6-4-11(5-7-18)17(3)9-12-15-13(8-14)19-16-12;;/h10-11H,4-9,14H2,1-3H3;2*1H. The van der Waals surface area contributed by atoms with Crippen LogP contribution in [0.2, 0.25) is 0 Å². The second-order valence-electron chi connectivity index (χ2n) is 5.58. The Morgan fingerprint density at radius 3 is 2.43 bits per heavy atom. The van der Waals surface area contributed by atoms with Crippen molar-refractivity contribution < 1.29 is 4.52 Å². The van der Waals surface area contributed by atoms with Crippen LogP contribution in [0.5, 0.6) is 0 Å². The maximum atomic E-state index is 5.46. The topological polar surface area (TPSA) is 71.4 Å². The van der Waals surface area contributed by atoms with Crippen molar-refractivity contribution in [3.63, 3.8) is 0 Å². The van der Waals surface area contributed by atoms with E-state index in [1.807, 2.05) is 0 Å². The Morgan fingerprint density at radius 1 is 1.33 bits per heavy atom. The highest BCUT2D eigenvalue weighted by Crippen LogP contribution is 2.18. The van der Waals surface area contributed by atoms with E-state index >= 15 is 0 Å². The molecule has 2 rings (SSSR count). The third-order valence-corrected chi connectivity index (χ3v) is 3.93. The molecule has 1 aliphatic rings. The number of aromatic nitrogens is 2. The van der Waals surface area contributed by atoms with Crippen LogP contribution in [0.1, 0.15) is 38.4 Å². The van der Waals surface area contributed by atoms with Gasteiger partial charge in [-0.1, -0.05) is 5.16 Å². The molecule has 2 heterocycles. The summed E-state index contributed by atoms with van der Waals surface area (Å²) >= 11 is 0. The number of nitrogens with zero attached hydrogens (tertiary/aromatic N) is 4. The summed E-state index contributed by atoms with van der Waals surface area (Å²) in [5.74, 6) is 1.24. The van der Waals surface area contributed by atoms with Crippen molar-refractivity contribution in [1.82, 2.24) is 19.9 Å². The van der Waals surface area contributed by atoms with E-state index in [0.717, 1.165) is 12.4 Å². The fraction of sp³-hybridized carbons (Fsp3) is 0.846. The van der Waals surface area contributed by atoms with Gasteiger partial charge in [0, 0.05) is 12.1 Å². The van der Waals surface area contributed by atoms with Crippen LogP contribution in [0.15, 0.2) is 4.52 Å². The Kier molecular flexibility index (Phi) is 9.40. The monoisotopic (exact) mass is 339 g/mol. The number of nitrogens with two attached hydrogens (primary N) is 1. The maximum Gasteiger partial charge on any atom is 0.240 e. The van der Waals surface area contributed by atoms with Crippen molar-refractivity contribution in [2.45, 2.75) is 51.9 Å². The first-order valence-electron chi connectivity index (χ1n) is 7.06. The largest absolute Gasteiger partial charge is 0.338 e. The summed E-state index contributed by atoms with van der Waals surface area (Å²) in [6.45, 7) is 7.91. The summed E-state index contributed by atoms with van der Waals surface area (Å²) in [4.78, 5) is 9.11. The zero-order chi connectivity index (χ0) is 13.8. The number of likely N-dealkylation sites (tertiary alicyclic amines) is 1. The van der Waals surface area contributed by atoms with Crippen molar-refractivity contribution in [3.05, 3.63) is 11.7 Å². The summed E-state index contributed by atoms with van der Waals surface area (Å²) in [6, 6.07) is 1.26. The molecule has 0 aromatic carbocycles. The van der Waals surface area contributed by atoms with E-state index in [4.69, 9.17) is 10.3 Å². The van der Waals surface area contributed by atoms with Gasteiger partial charge in [-0.25, -0.2) is 0 Å². The molecule has 0 aliphatic carbocycles. The van der Waals surface area contributed by atoms with Crippen LogP contribution in [0.4, 0.5) is 0 Å². The van der Waals surface area contributed by atoms with Crippen LogP contribution in [-0.2, 0) is 13.1 Å². The Morgan fingerprint density at radius 2 is 1.95 bits per heavy atom. The van der Waals surface area contributed by atoms with Crippen LogP contribution in [0.25, 0.3) is 0 Å². The normalized spacial score (nSPS) is 16.9. The fourth-order valence-corrected chi connectivity index (χ4v) is 2.63. The number of rotatable bonds is 5. The highest BCUT2D eigenvalue weighted by Gasteiger charge is 2.24. The van der Waals surface area contributed by atoms with Gasteiger partial charge in [-0.2, -0.15) is 4.98 Å². The third kappa shape index (κ3) is 5.71. The van der Waals surface area contributed by atoms with E-state index in [0.29, 0.717) is 24.5 Å². The smallest absolute Gasteiger partial charge is 0.240 e. The van der Waals surface area contributed by atoms with Gasteiger partial charge in [0.25, 0.3) is 0 Å². The van der Waals surface area contributed by atoms with Crippen molar-refractivity contribution in [3.8, 4) is 0 Å². The predicted molar refractivity (Wildman–Crippen MR) is 87.9 cm³/mol. The molecule has 21 heavy (non-hydrogen) atoms. The summed E-state index contributed by atoms with van der Waals surface area (Å²) in [6.07, 6.45) is 2.41. The number of hydrogen-bond donors (Lipinski definition) is 1. The molecule has 1 aromatic heterocycles. The first-order chi connectivity index (χ1) is 9.10. The minimum atomic E-state index is 0. The molecule has 0 spiro atoms. The average molecular weight is 340 g/mol. The molecule has 8 heteroatoms. The van der Waals surface area contributed by atoms with Gasteiger partial charge in [-0.3, -0.25) is 4.90 Å². The van der Waals surface area contributed by atoms with E-state index < -0.39 is 0 Å². The first-order valence-corrected chi connectivity index (χ1v) is 7.06. The lowest BCUT2D eigenvalue weighted by atomic mass is 10.0. The van der Waals surface area contributed by atoms with Gasteiger partial charge in [0.05, 0.1) is 13.1 Å². The van der Waals surface area contributed by atoms with Gasteiger partial charge in [0.15, 0.2) is 5.82 Å². The lowest BCUT2D eigenvalue weighted by Gasteiger charge is -2.38. The van der Waals surface area contributed by atoms with E-state index in [2.05, 4.69) is 40.8 Å². The molecule has 1 aromatic rings. The number of piperidine rings is 1. The summed E-state index contributed by atoms with van der Waals surface area (Å²) in [5, 5.41) is 3.95. The second-order valence-corrected chi connectivity index (χ2v) is 5.58. The Balaban J connectivity index is 0.00000200. The van der Waals surface area contributed by atoms with Gasteiger partial charge >= 0.3 is 0 Å². The zero-order valence-corrected chi connectivity index (χ0v) is 14.6. The van der Waals surface area contributed by atoms with Gasteiger partial charge in [0.2, 0.25) is 5.89 Å². The summed E-state index contributed by atoms with van der Waals surface area (Å²) < 4.78 is 5.03. The average Bonchev–Trinajstić information content (AvgIpc) is 2.86. The Hall–Kier alpha value is -0.400. The first kappa shape index (κ1) is 20.6. The van der Waals surface area contributed by atoms with E-state index in [9.17, 15) is 0 Å². The minimum Gasteiger partial charge on any atom is -0.338 e. The highest BCUT2D eigenvalue weighted by atomic mass is 35.5. The Labute approximate surface area is 139 Å². The summed E-state index contributed by atoms with van der Waals surface area (Å²) in [7, 11) is 2.13. The SMILES string of the molecule is CC(C)N1CCC(N(C)Cc2noc(CN)n2)CC1.Cl.Cl. The van der Waals surface area contributed by atoms with Gasteiger partial charge < -0.3 is 15.2 Å². The Bertz CT molecular complexity index is 394. The minimum absolute atomic E-state index is 0. The number of halogens is 2. The van der Waals surface area contributed by atoms with Crippen LogP contribution in [-0.4, -0.2) is 52.2 Å². The quantitative estimate of drug-likeness (QED) is 0.879. The molecular weight excluding hydrogens is 313 g/mol. The van der Waals surface area contributed by atoms with E-state index in [-0.39, 0.29) is 24.8 Å². The van der Waals surface area contributed by atoms with Crippen LogP contribution in [0.3, 0.4) is 0 Å². The molecule has 124 valence electrons. The van der Waals surface area contributed by atoms with Gasteiger partial charge in [-0.15, -0.1) is 24.8 Å². The molecule has 2 N–H and O–H groups in total. The van der Waals surface area contributed by atoms with Crippen LogP contribution < -0.4 is 5.73 Å². The molecule has 0 bridgehead atoms. The number of hydrogen-bond acceptors (Lipinski definition) is 6. The molecule has 0 unspecified atom stereocenters. The van der Waals surface area contributed by atoms with Crippen molar-refractivity contribution >= 4 is 24.8 Å². The molecule has 6 nitrogen and oxygen atoms in total. The van der Waals surface area contributed by atoms with Crippen molar-refractivity contribution in [1.29, 1.82) is 0 Å². The third-order valence-electron chi connectivity index (χ3n) is 3.93. The zero-order valence-electron chi connectivity index (χ0n) is 13.0. The van der Waals surface area contributed by atoms with Gasteiger partial charge in [0.1, 0.15) is 0 Å². The molecule has 1 aliphatic heterocycles. The molecule has 0 radical (unpaired) electrons. The molecule has 1 fully saturated rings. The fourth-order valence-electron chi connectivity index (χ4n) is 2.63. The van der Waals surface area contributed by atoms with E-state index in [1.165, 1.54) is 25.9 Å². The molecule has 1 saturated heterocycles. The maximum absolute atomic E-state index is 5.46.